The SMILES string of the molecule is CC(=O)CCC(C)=O.COC(=O)C(C)(C)NC(=O)OC(C)(C)C. The Morgan fingerprint density at radius 1 is 0.870 bits per heavy atom. The standard InChI is InChI=1S/C10H19NO4.C6H10O2/c1-9(2,3)15-8(13)11-10(4,5)7(12)14-6;1-5(7)3-4-6(2)8/h1-6H3,(H,11,13);3-4H2,1-2H3. The fraction of sp³-hybridized carbons (Fsp3) is 0.750. The average Bonchev–Trinajstić information content (AvgIpc) is 2.32. The highest BCUT2D eigenvalue weighted by molar-refractivity contribution is 5.85. The number of ketones is 2. The van der Waals surface area contributed by atoms with Crippen molar-refractivity contribution in [3.05, 3.63) is 0 Å². The second-order valence-corrected chi connectivity index (χ2v) is 6.65. The molecule has 0 heterocycles. The molecule has 0 aliphatic carbocycles. The zero-order valence-corrected chi connectivity index (χ0v) is 15.4. The van der Waals surface area contributed by atoms with Gasteiger partial charge >= 0.3 is 12.1 Å². The zero-order valence-electron chi connectivity index (χ0n) is 15.4. The van der Waals surface area contributed by atoms with E-state index in [4.69, 9.17) is 4.74 Å². The van der Waals surface area contributed by atoms with E-state index >= 15 is 0 Å². The lowest BCUT2D eigenvalue weighted by atomic mass is 10.1. The molecular formula is C16H29NO6. The highest BCUT2D eigenvalue weighted by atomic mass is 16.6. The number of hydrogen-bond donors (Lipinski definition) is 1. The topological polar surface area (TPSA) is 98.8 Å². The number of hydrogen-bond acceptors (Lipinski definition) is 6. The van der Waals surface area contributed by atoms with Gasteiger partial charge < -0.3 is 24.4 Å². The van der Waals surface area contributed by atoms with Crippen LogP contribution in [0, 0.1) is 0 Å². The van der Waals surface area contributed by atoms with E-state index in [9.17, 15) is 19.2 Å². The molecule has 1 N–H and O–H groups in total. The molecule has 0 aromatic carbocycles. The zero-order chi connectivity index (χ0) is 18.8. The molecule has 0 saturated heterocycles. The van der Waals surface area contributed by atoms with Crippen molar-refractivity contribution in [2.24, 2.45) is 0 Å². The van der Waals surface area contributed by atoms with Gasteiger partial charge in [-0.15, -0.1) is 0 Å². The van der Waals surface area contributed by atoms with Crippen molar-refractivity contribution in [3.63, 3.8) is 0 Å². The minimum Gasteiger partial charge on any atom is -0.467 e. The smallest absolute Gasteiger partial charge is 0.408 e. The van der Waals surface area contributed by atoms with Gasteiger partial charge in [0.05, 0.1) is 7.11 Å². The maximum Gasteiger partial charge on any atom is 0.408 e. The maximum absolute atomic E-state index is 11.4. The molecule has 0 bridgehead atoms. The van der Waals surface area contributed by atoms with Crippen LogP contribution in [0.1, 0.15) is 61.3 Å². The van der Waals surface area contributed by atoms with Crippen LogP contribution in [0.3, 0.4) is 0 Å². The number of alkyl carbamates (subject to hydrolysis) is 1. The molecule has 0 atom stereocenters. The summed E-state index contributed by atoms with van der Waals surface area (Å²) in [4.78, 5) is 43.0. The van der Waals surface area contributed by atoms with Crippen LogP contribution in [0.25, 0.3) is 0 Å². The van der Waals surface area contributed by atoms with Crippen LogP contribution in [0.4, 0.5) is 4.79 Å². The number of nitrogens with one attached hydrogen (secondary N) is 1. The predicted octanol–water partition coefficient (Wildman–Crippen LogP) is 2.41. The van der Waals surface area contributed by atoms with Gasteiger partial charge in [0.15, 0.2) is 0 Å². The van der Waals surface area contributed by atoms with Gasteiger partial charge in [-0.3, -0.25) is 0 Å². The number of ether oxygens (including phenoxy) is 2. The first-order valence-corrected chi connectivity index (χ1v) is 7.29. The number of rotatable bonds is 5. The molecule has 0 spiro atoms. The fourth-order valence-electron chi connectivity index (χ4n) is 1.22. The third-order valence-corrected chi connectivity index (χ3v) is 2.34. The molecule has 0 rings (SSSR count). The molecule has 0 unspecified atom stereocenters. The summed E-state index contributed by atoms with van der Waals surface area (Å²) in [7, 11) is 1.26. The second-order valence-electron chi connectivity index (χ2n) is 6.65. The molecule has 0 radical (unpaired) electrons. The molecule has 23 heavy (non-hydrogen) atoms. The lowest BCUT2D eigenvalue weighted by Crippen LogP contribution is -2.51. The van der Waals surface area contributed by atoms with Crippen molar-refractivity contribution in [2.75, 3.05) is 7.11 Å². The van der Waals surface area contributed by atoms with Crippen molar-refractivity contribution in [2.45, 2.75) is 72.4 Å². The molecule has 0 saturated carbocycles. The Hall–Kier alpha value is -1.92. The van der Waals surface area contributed by atoms with E-state index in [-0.39, 0.29) is 11.6 Å². The van der Waals surface area contributed by atoms with Gasteiger partial charge in [-0.1, -0.05) is 0 Å². The van der Waals surface area contributed by atoms with Gasteiger partial charge in [-0.25, -0.2) is 9.59 Å². The largest absolute Gasteiger partial charge is 0.467 e. The first-order chi connectivity index (χ1) is 10.2. The van der Waals surface area contributed by atoms with Crippen molar-refractivity contribution in [1.29, 1.82) is 0 Å². The minimum absolute atomic E-state index is 0.0835. The quantitative estimate of drug-likeness (QED) is 0.777. The van der Waals surface area contributed by atoms with E-state index < -0.39 is 23.2 Å². The summed E-state index contributed by atoms with van der Waals surface area (Å²) in [6, 6.07) is 0. The number of carbonyl (C=O) groups is 4. The number of esters is 1. The van der Waals surface area contributed by atoms with Crippen LogP contribution < -0.4 is 5.32 Å². The summed E-state index contributed by atoms with van der Waals surface area (Å²) in [5.74, 6) is -0.353. The van der Waals surface area contributed by atoms with Gasteiger partial charge in [0.1, 0.15) is 22.7 Å². The van der Waals surface area contributed by atoms with E-state index in [1.165, 1.54) is 21.0 Å². The first kappa shape index (κ1) is 23.3. The molecule has 0 aliphatic rings. The van der Waals surface area contributed by atoms with Crippen LogP contribution in [0.15, 0.2) is 0 Å². The second kappa shape index (κ2) is 9.97. The Balaban J connectivity index is 0. The summed E-state index contributed by atoms with van der Waals surface area (Å²) < 4.78 is 9.55. The Morgan fingerprint density at radius 3 is 1.52 bits per heavy atom. The minimum atomic E-state index is -1.09. The van der Waals surface area contributed by atoms with Gasteiger partial charge in [-0.05, 0) is 48.5 Å². The van der Waals surface area contributed by atoms with E-state index in [0.29, 0.717) is 12.8 Å². The third kappa shape index (κ3) is 14.8. The summed E-state index contributed by atoms with van der Waals surface area (Å²) in [5, 5.41) is 2.43. The lowest BCUT2D eigenvalue weighted by Gasteiger charge is -2.26. The van der Waals surface area contributed by atoms with Gasteiger partial charge in [-0.2, -0.15) is 0 Å². The van der Waals surface area contributed by atoms with E-state index in [2.05, 4.69) is 10.1 Å². The van der Waals surface area contributed by atoms with Gasteiger partial charge in [0, 0.05) is 12.8 Å². The van der Waals surface area contributed by atoms with Crippen LogP contribution in [-0.2, 0) is 23.9 Å². The number of Topliss-reactive ketones (excluding diaryl/α,β-unsaturated/α-hetero) is 2. The van der Waals surface area contributed by atoms with Gasteiger partial charge in [0.25, 0.3) is 0 Å². The van der Waals surface area contributed by atoms with Crippen LogP contribution in [-0.4, -0.2) is 41.9 Å². The van der Waals surface area contributed by atoms with Crippen molar-refractivity contribution < 1.29 is 28.7 Å². The molecular weight excluding hydrogens is 302 g/mol. The number of carbonyl (C=O) groups excluding carboxylic acids is 4. The van der Waals surface area contributed by atoms with Crippen molar-refractivity contribution >= 4 is 23.6 Å². The van der Waals surface area contributed by atoms with Crippen molar-refractivity contribution in [1.82, 2.24) is 5.32 Å². The fourth-order valence-corrected chi connectivity index (χ4v) is 1.22. The lowest BCUT2D eigenvalue weighted by molar-refractivity contribution is -0.147. The van der Waals surface area contributed by atoms with E-state index in [0.717, 1.165) is 0 Å². The maximum atomic E-state index is 11.4. The molecule has 0 aromatic rings. The van der Waals surface area contributed by atoms with Crippen molar-refractivity contribution in [3.8, 4) is 0 Å². The average molecular weight is 331 g/mol. The highest BCUT2D eigenvalue weighted by Crippen LogP contribution is 2.10. The van der Waals surface area contributed by atoms with Crippen LogP contribution in [0.5, 0.6) is 0 Å². The molecule has 0 aromatic heterocycles. The number of amides is 1. The molecule has 134 valence electrons. The monoisotopic (exact) mass is 331 g/mol. The highest BCUT2D eigenvalue weighted by Gasteiger charge is 2.32. The van der Waals surface area contributed by atoms with Crippen LogP contribution >= 0.6 is 0 Å². The Kier molecular flexibility index (Phi) is 10.1. The van der Waals surface area contributed by atoms with E-state index in [1.54, 1.807) is 34.6 Å². The summed E-state index contributed by atoms with van der Waals surface area (Å²) in [6.45, 7) is 11.3. The van der Waals surface area contributed by atoms with Crippen LogP contribution in [0.2, 0.25) is 0 Å². The molecule has 0 fully saturated rings. The Labute approximate surface area is 138 Å². The summed E-state index contributed by atoms with van der Waals surface area (Å²) >= 11 is 0. The molecule has 1 amide bonds. The molecule has 7 heteroatoms. The molecule has 7 nitrogen and oxygen atoms in total. The van der Waals surface area contributed by atoms with Gasteiger partial charge in [0.2, 0.25) is 0 Å². The number of methoxy groups -OCH3 is 1. The summed E-state index contributed by atoms with van der Waals surface area (Å²) in [6.07, 6.45) is 0.155. The Morgan fingerprint density at radius 2 is 1.26 bits per heavy atom. The van der Waals surface area contributed by atoms with E-state index in [1.807, 2.05) is 0 Å². The molecule has 0 aliphatic heterocycles. The summed E-state index contributed by atoms with van der Waals surface area (Å²) in [5.41, 5.74) is -1.67. The third-order valence-electron chi connectivity index (χ3n) is 2.34. The Bertz CT molecular complexity index is 420. The normalized spacial score (nSPS) is 10.8. The predicted molar refractivity (Wildman–Crippen MR) is 86.1 cm³/mol. The first-order valence-electron chi connectivity index (χ1n) is 7.29.